The Morgan fingerprint density at radius 2 is 1.71 bits per heavy atom. The quantitative estimate of drug-likeness (QED) is 0.771. The predicted octanol–water partition coefficient (Wildman–Crippen LogP) is 3.33. The summed E-state index contributed by atoms with van der Waals surface area (Å²) in [6, 6.07) is 15.4. The number of hydrogen-bond donors (Lipinski definition) is 2. The van der Waals surface area contributed by atoms with Gasteiger partial charge in [-0.25, -0.2) is 0 Å². The van der Waals surface area contributed by atoms with Gasteiger partial charge in [-0.15, -0.1) is 5.10 Å². The lowest BCUT2D eigenvalue weighted by atomic mass is 10.2. The third-order valence-corrected chi connectivity index (χ3v) is 3.04. The van der Waals surface area contributed by atoms with Crippen molar-refractivity contribution in [3.63, 3.8) is 0 Å². The number of aromatic nitrogens is 2. The maximum absolute atomic E-state index is 11.0. The monoisotopic (exact) mass is 278 g/mol. The highest BCUT2D eigenvalue weighted by atomic mass is 16.1. The molecule has 0 saturated heterocycles. The normalized spacial score (nSPS) is 10.3. The molecule has 1 heterocycles. The largest absolute Gasteiger partial charge is 0.338 e. The number of carbonyl (C=O) groups is 1. The van der Waals surface area contributed by atoms with E-state index in [1.54, 1.807) is 6.20 Å². The molecular weight excluding hydrogens is 264 g/mol. The number of anilines is 3. The molecule has 0 spiro atoms. The van der Waals surface area contributed by atoms with Gasteiger partial charge in [0.05, 0.1) is 6.20 Å². The van der Waals surface area contributed by atoms with Gasteiger partial charge < -0.3 is 10.6 Å². The first-order valence-corrected chi connectivity index (χ1v) is 6.57. The highest BCUT2D eigenvalue weighted by Gasteiger charge is 2.03. The Bertz CT molecular complexity index is 778. The first kappa shape index (κ1) is 13.1. The van der Waals surface area contributed by atoms with Gasteiger partial charge in [0.2, 0.25) is 5.91 Å². The Morgan fingerprint density at radius 1 is 1.00 bits per heavy atom. The molecule has 5 heteroatoms. The first-order chi connectivity index (χ1) is 10.2. The molecule has 5 nitrogen and oxygen atoms in total. The van der Waals surface area contributed by atoms with E-state index < -0.39 is 0 Å². The van der Waals surface area contributed by atoms with Crippen LogP contribution in [0.25, 0.3) is 10.8 Å². The Labute approximate surface area is 122 Å². The van der Waals surface area contributed by atoms with Crippen molar-refractivity contribution >= 4 is 33.9 Å². The second-order valence-corrected chi connectivity index (χ2v) is 4.66. The second-order valence-electron chi connectivity index (χ2n) is 4.66. The standard InChI is InChI=1S/C16H14N4O/c1-11(21)18-13-6-8-14(9-7-13)19-16-15-5-3-2-4-12(15)10-17-20-16/h2-10H,1H3,(H,18,21)(H,19,20). The minimum absolute atomic E-state index is 0.0874. The molecule has 3 rings (SSSR count). The minimum Gasteiger partial charge on any atom is -0.338 e. The van der Waals surface area contributed by atoms with E-state index in [-0.39, 0.29) is 5.91 Å². The molecule has 0 fully saturated rings. The molecule has 0 unspecified atom stereocenters. The molecule has 0 bridgehead atoms. The summed E-state index contributed by atoms with van der Waals surface area (Å²) in [7, 11) is 0. The Kier molecular flexibility index (Phi) is 3.47. The van der Waals surface area contributed by atoms with E-state index >= 15 is 0 Å². The zero-order chi connectivity index (χ0) is 14.7. The van der Waals surface area contributed by atoms with Crippen molar-refractivity contribution in [1.29, 1.82) is 0 Å². The van der Waals surface area contributed by atoms with E-state index in [2.05, 4.69) is 20.8 Å². The summed E-state index contributed by atoms with van der Waals surface area (Å²) in [5.41, 5.74) is 1.65. The fourth-order valence-corrected chi connectivity index (χ4v) is 2.10. The molecule has 0 atom stereocenters. The van der Waals surface area contributed by atoms with E-state index in [1.807, 2.05) is 48.5 Å². The van der Waals surface area contributed by atoms with Gasteiger partial charge in [-0.3, -0.25) is 4.79 Å². The molecule has 3 aromatic rings. The lowest BCUT2D eigenvalue weighted by Crippen LogP contribution is -2.05. The molecule has 2 aromatic carbocycles. The van der Waals surface area contributed by atoms with Crippen LogP contribution in [0.5, 0.6) is 0 Å². The van der Waals surface area contributed by atoms with Gasteiger partial charge in [0.1, 0.15) is 0 Å². The van der Waals surface area contributed by atoms with Gasteiger partial charge >= 0.3 is 0 Å². The van der Waals surface area contributed by atoms with Crippen LogP contribution in [0.1, 0.15) is 6.92 Å². The smallest absolute Gasteiger partial charge is 0.221 e. The summed E-state index contributed by atoms with van der Waals surface area (Å²) >= 11 is 0. The van der Waals surface area contributed by atoms with Gasteiger partial charge in [0.15, 0.2) is 5.82 Å². The van der Waals surface area contributed by atoms with Gasteiger partial charge in [-0.2, -0.15) is 5.10 Å². The highest BCUT2D eigenvalue weighted by Crippen LogP contribution is 2.23. The van der Waals surface area contributed by atoms with Gasteiger partial charge in [-0.1, -0.05) is 24.3 Å². The summed E-state index contributed by atoms with van der Waals surface area (Å²) in [5, 5.41) is 16.2. The fourth-order valence-electron chi connectivity index (χ4n) is 2.10. The van der Waals surface area contributed by atoms with E-state index in [9.17, 15) is 4.79 Å². The predicted molar refractivity (Wildman–Crippen MR) is 83.6 cm³/mol. The van der Waals surface area contributed by atoms with E-state index in [0.29, 0.717) is 5.82 Å². The van der Waals surface area contributed by atoms with Crippen LogP contribution in [-0.4, -0.2) is 16.1 Å². The lowest BCUT2D eigenvalue weighted by molar-refractivity contribution is -0.114. The van der Waals surface area contributed by atoms with Crippen molar-refractivity contribution in [1.82, 2.24) is 10.2 Å². The molecule has 1 amide bonds. The van der Waals surface area contributed by atoms with Crippen LogP contribution in [0.15, 0.2) is 54.7 Å². The molecule has 0 saturated carbocycles. The molecule has 1 aromatic heterocycles. The van der Waals surface area contributed by atoms with Crippen LogP contribution in [0, 0.1) is 0 Å². The number of amides is 1. The molecule has 21 heavy (non-hydrogen) atoms. The first-order valence-electron chi connectivity index (χ1n) is 6.57. The second kappa shape index (κ2) is 5.58. The van der Waals surface area contributed by atoms with Crippen molar-refractivity contribution in [2.45, 2.75) is 6.92 Å². The van der Waals surface area contributed by atoms with Gasteiger partial charge in [0.25, 0.3) is 0 Å². The SMILES string of the molecule is CC(=O)Nc1ccc(Nc2nncc3ccccc23)cc1. The van der Waals surface area contributed by atoms with Gasteiger partial charge in [0, 0.05) is 29.1 Å². The Hall–Kier alpha value is -2.95. The topological polar surface area (TPSA) is 66.9 Å². The Balaban J connectivity index is 1.87. The average molecular weight is 278 g/mol. The maximum Gasteiger partial charge on any atom is 0.221 e. The number of nitrogens with one attached hydrogen (secondary N) is 2. The number of carbonyl (C=O) groups excluding carboxylic acids is 1. The number of fused-ring (bicyclic) bond motifs is 1. The number of rotatable bonds is 3. The number of benzene rings is 2. The summed E-state index contributed by atoms with van der Waals surface area (Å²) in [5.74, 6) is 0.621. The Morgan fingerprint density at radius 3 is 2.48 bits per heavy atom. The molecule has 104 valence electrons. The van der Waals surface area contributed by atoms with Crippen molar-refractivity contribution in [3.8, 4) is 0 Å². The van der Waals surface area contributed by atoms with Crippen molar-refractivity contribution < 1.29 is 4.79 Å². The highest BCUT2D eigenvalue weighted by molar-refractivity contribution is 5.92. The third kappa shape index (κ3) is 2.97. The van der Waals surface area contributed by atoms with E-state index in [0.717, 1.165) is 22.1 Å². The van der Waals surface area contributed by atoms with E-state index in [4.69, 9.17) is 0 Å². The third-order valence-electron chi connectivity index (χ3n) is 3.04. The summed E-state index contributed by atoms with van der Waals surface area (Å²) in [4.78, 5) is 11.0. The summed E-state index contributed by atoms with van der Waals surface area (Å²) in [6.45, 7) is 1.48. The fraction of sp³-hybridized carbons (Fsp3) is 0.0625. The van der Waals surface area contributed by atoms with Crippen molar-refractivity contribution in [2.24, 2.45) is 0 Å². The molecule has 0 aliphatic heterocycles. The summed E-state index contributed by atoms with van der Waals surface area (Å²) in [6.07, 6.45) is 1.74. The van der Waals surface area contributed by atoms with E-state index in [1.165, 1.54) is 6.92 Å². The minimum atomic E-state index is -0.0874. The van der Waals surface area contributed by atoms with Gasteiger partial charge in [-0.05, 0) is 24.3 Å². The number of nitrogens with zero attached hydrogens (tertiary/aromatic N) is 2. The van der Waals surface area contributed by atoms with Crippen LogP contribution in [0.4, 0.5) is 17.2 Å². The van der Waals surface area contributed by atoms with Crippen LogP contribution in [0.3, 0.4) is 0 Å². The molecular formula is C16H14N4O. The molecule has 0 aliphatic carbocycles. The zero-order valence-electron chi connectivity index (χ0n) is 11.5. The van der Waals surface area contributed by atoms with Crippen molar-refractivity contribution in [2.75, 3.05) is 10.6 Å². The van der Waals surface area contributed by atoms with Crippen LogP contribution in [-0.2, 0) is 4.79 Å². The maximum atomic E-state index is 11.0. The van der Waals surface area contributed by atoms with Crippen LogP contribution >= 0.6 is 0 Å². The van der Waals surface area contributed by atoms with Crippen LogP contribution in [0.2, 0.25) is 0 Å². The lowest BCUT2D eigenvalue weighted by Gasteiger charge is -2.08. The van der Waals surface area contributed by atoms with Crippen LogP contribution < -0.4 is 10.6 Å². The summed E-state index contributed by atoms with van der Waals surface area (Å²) < 4.78 is 0. The molecule has 2 N–H and O–H groups in total. The number of hydrogen-bond acceptors (Lipinski definition) is 4. The molecule has 0 aliphatic rings. The molecule has 0 radical (unpaired) electrons. The zero-order valence-corrected chi connectivity index (χ0v) is 11.5. The van der Waals surface area contributed by atoms with Crippen molar-refractivity contribution in [3.05, 3.63) is 54.7 Å². The average Bonchev–Trinajstić information content (AvgIpc) is 2.49.